The Bertz CT molecular complexity index is 655. The van der Waals surface area contributed by atoms with Crippen LogP contribution in [0.1, 0.15) is 6.42 Å². The Hall–Kier alpha value is -2.21. The van der Waals surface area contributed by atoms with Crippen LogP contribution in [0.15, 0.2) is 42.5 Å². The van der Waals surface area contributed by atoms with Crippen molar-refractivity contribution in [1.29, 1.82) is 0 Å². The molecule has 3 N–H and O–H groups in total. The van der Waals surface area contributed by atoms with Gasteiger partial charge in [-0.1, -0.05) is 36.4 Å². The van der Waals surface area contributed by atoms with Gasteiger partial charge in [0, 0.05) is 23.3 Å². The first-order valence-electron chi connectivity index (χ1n) is 6.94. The third-order valence-electron chi connectivity index (χ3n) is 2.97. The van der Waals surface area contributed by atoms with Crippen molar-refractivity contribution in [2.24, 2.45) is 5.73 Å². The van der Waals surface area contributed by atoms with Crippen molar-refractivity contribution in [2.45, 2.75) is 6.42 Å². The lowest BCUT2D eigenvalue weighted by Crippen LogP contribution is -2.35. The molecule has 116 valence electrons. The Morgan fingerprint density at radius 2 is 1.86 bits per heavy atom. The number of nitrogens with two attached hydrogens (primary N) is 1. The maximum atomic E-state index is 11.2. The number of rotatable bonds is 7. The van der Waals surface area contributed by atoms with Crippen molar-refractivity contribution in [1.82, 2.24) is 5.32 Å². The molecule has 0 radical (unpaired) electrons. The van der Waals surface area contributed by atoms with E-state index in [1.807, 2.05) is 47.8 Å². The number of ether oxygens (including phenoxy) is 1. The van der Waals surface area contributed by atoms with Gasteiger partial charge in [0.05, 0.1) is 6.61 Å². The van der Waals surface area contributed by atoms with Crippen LogP contribution in [0.3, 0.4) is 0 Å². The summed E-state index contributed by atoms with van der Waals surface area (Å²) in [4.78, 5) is 21.7. The molecule has 0 aliphatic carbocycles. The number of amides is 3. The molecule has 0 heterocycles. The summed E-state index contributed by atoms with van der Waals surface area (Å²) in [5, 5.41) is 4.28. The number of carbonyl (C=O) groups excluding carboxylic acids is 2. The number of imide groups is 1. The largest absolute Gasteiger partial charge is 0.492 e. The van der Waals surface area contributed by atoms with Crippen LogP contribution >= 0.6 is 11.8 Å². The highest BCUT2D eigenvalue weighted by atomic mass is 32.2. The van der Waals surface area contributed by atoms with Gasteiger partial charge in [-0.15, -0.1) is 0 Å². The second kappa shape index (κ2) is 8.29. The lowest BCUT2D eigenvalue weighted by molar-refractivity contribution is -0.119. The van der Waals surface area contributed by atoms with E-state index < -0.39 is 6.03 Å². The Morgan fingerprint density at radius 1 is 1.09 bits per heavy atom. The van der Waals surface area contributed by atoms with Crippen molar-refractivity contribution in [3.63, 3.8) is 0 Å². The molecule has 0 spiro atoms. The predicted molar refractivity (Wildman–Crippen MR) is 89.1 cm³/mol. The Balaban J connectivity index is 1.70. The van der Waals surface area contributed by atoms with E-state index in [0.29, 0.717) is 12.4 Å². The van der Waals surface area contributed by atoms with Gasteiger partial charge < -0.3 is 10.5 Å². The zero-order valence-corrected chi connectivity index (χ0v) is 12.9. The summed E-state index contributed by atoms with van der Waals surface area (Å²) >= 11 is 1.60. The number of benzene rings is 2. The second-order valence-electron chi connectivity index (χ2n) is 4.60. The van der Waals surface area contributed by atoms with E-state index in [9.17, 15) is 9.59 Å². The molecule has 0 aromatic heterocycles. The third-order valence-corrected chi connectivity index (χ3v) is 3.92. The van der Waals surface area contributed by atoms with E-state index in [0.717, 1.165) is 22.3 Å². The predicted octanol–water partition coefficient (Wildman–Crippen LogP) is 2.54. The minimum Gasteiger partial charge on any atom is -0.492 e. The van der Waals surface area contributed by atoms with E-state index in [-0.39, 0.29) is 12.3 Å². The average molecular weight is 318 g/mol. The summed E-state index contributed by atoms with van der Waals surface area (Å²) < 4.78 is 5.80. The van der Waals surface area contributed by atoms with E-state index >= 15 is 0 Å². The molecule has 5 nitrogen and oxygen atoms in total. The molecule has 22 heavy (non-hydrogen) atoms. The number of thioether (sulfide) groups is 1. The summed E-state index contributed by atoms with van der Waals surface area (Å²) in [5.41, 5.74) is 4.86. The molecule has 2 aromatic rings. The maximum absolute atomic E-state index is 11.2. The van der Waals surface area contributed by atoms with Gasteiger partial charge in [0.25, 0.3) is 0 Å². The van der Waals surface area contributed by atoms with Crippen molar-refractivity contribution >= 4 is 34.5 Å². The normalized spacial score (nSPS) is 10.4. The molecule has 0 aliphatic heterocycles. The first-order chi connectivity index (χ1) is 10.7. The smallest absolute Gasteiger partial charge is 0.318 e. The molecule has 3 amide bonds. The average Bonchev–Trinajstić information content (AvgIpc) is 2.50. The van der Waals surface area contributed by atoms with Crippen molar-refractivity contribution in [2.75, 3.05) is 18.1 Å². The van der Waals surface area contributed by atoms with Crippen LogP contribution < -0.4 is 15.8 Å². The van der Waals surface area contributed by atoms with E-state index in [1.165, 1.54) is 0 Å². The molecule has 0 fully saturated rings. The van der Waals surface area contributed by atoms with Gasteiger partial charge in [-0.05, 0) is 11.5 Å². The SMILES string of the molecule is NC(=O)NC(=O)CCSCCOc1cccc2ccccc12. The van der Waals surface area contributed by atoms with E-state index in [4.69, 9.17) is 10.5 Å². The van der Waals surface area contributed by atoms with Gasteiger partial charge in [0.2, 0.25) is 5.91 Å². The molecule has 0 aliphatic rings. The quantitative estimate of drug-likeness (QED) is 0.769. The lowest BCUT2D eigenvalue weighted by atomic mass is 10.1. The highest BCUT2D eigenvalue weighted by Crippen LogP contribution is 2.25. The number of hydrogen-bond donors (Lipinski definition) is 2. The van der Waals surface area contributed by atoms with Gasteiger partial charge in [0.1, 0.15) is 5.75 Å². The Morgan fingerprint density at radius 3 is 2.68 bits per heavy atom. The number of nitrogens with one attached hydrogen (secondary N) is 1. The number of carbonyl (C=O) groups is 2. The van der Waals surface area contributed by atoms with Gasteiger partial charge in [0.15, 0.2) is 0 Å². The third kappa shape index (κ3) is 4.96. The fraction of sp³-hybridized carbons (Fsp3) is 0.250. The monoisotopic (exact) mass is 318 g/mol. The molecule has 2 rings (SSSR count). The zero-order valence-electron chi connectivity index (χ0n) is 12.1. The molecule has 0 atom stereocenters. The minimum absolute atomic E-state index is 0.266. The van der Waals surface area contributed by atoms with Crippen LogP contribution in [0, 0.1) is 0 Å². The van der Waals surface area contributed by atoms with Crippen LogP contribution in [0.2, 0.25) is 0 Å². The van der Waals surface area contributed by atoms with Crippen LogP contribution in [-0.2, 0) is 4.79 Å². The summed E-state index contributed by atoms with van der Waals surface area (Å²) in [5.74, 6) is 1.91. The Kier molecular flexibility index (Phi) is 6.09. The van der Waals surface area contributed by atoms with Crippen LogP contribution in [-0.4, -0.2) is 30.1 Å². The number of urea groups is 1. The first kappa shape index (κ1) is 16.2. The standard InChI is InChI=1S/C16H18N2O3S/c17-16(20)18-15(19)8-10-22-11-9-21-14-7-3-5-12-4-1-2-6-13(12)14/h1-7H,8-11H2,(H3,17,18,19,20). The van der Waals surface area contributed by atoms with Gasteiger partial charge in [-0.3, -0.25) is 10.1 Å². The highest BCUT2D eigenvalue weighted by Gasteiger charge is 2.04. The maximum Gasteiger partial charge on any atom is 0.318 e. The summed E-state index contributed by atoms with van der Waals surface area (Å²) in [6.07, 6.45) is 0.266. The summed E-state index contributed by atoms with van der Waals surface area (Å²) in [6.45, 7) is 0.566. The van der Waals surface area contributed by atoms with Crippen molar-refractivity contribution in [3.8, 4) is 5.75 Å². The number of primary amides is 1. The molecular weight excluding hydrogens is 300 g/mol. The van der Waals surface area contributed by atoms with Gasteiger partial charge in [-0.25, -0.2) is 4.79 Å². The lowest BCUT2D eigenvalue weighted by Gasteiger charge is -2.09. The zero-order chi connectivity index (χ0) is 15.8. The number of hydrogen-bond acceptors (Lipinski definition) is 4. The fourth-order valence-corrected chi connectivity index (χ4v) is 2.73. The summed E-state index contributed by atoms with van der Waals surface area (Å²) in [7, 11) is 0. The first-order valence-corrected chi connectivity index (χ1v) is 8.10. The highest BCUT2D eigenvalue weighted by molar-refractivity contribution is 7.99. The van der Waals surface area contributed by atoms with Crippen LogP contribution in [0.4, 0.5) is 4.79 Å². The minimum atomic E-state index is -0.811. The molecule has 0 bridgehead atoms. The van der Waals surface area contributed by atoms with Gasteiger partial charge in [-0.2, -0.15) is 11.8 Å². The van der Waals surface area contributed by atoms with Crippen molar-refractivity contribution < 1.29 is 14.3 Å². The molecular formula is C16H18N2O3S. The second-order valence-corrected chi connectivity index (χ2v) is 5.83. The number of fused-ring (bicyclic) bond motifs is 1. The molecule has 2 aromatic carbocycles. The van der Waals surface area contributed by atoms with Crippen LogP contribution in [0.25, 0.3) is 10.8 Å². The fourth-order valence-electron chi connectivity index (χ4n) is 2.00. The molecule has 0 saturated heterocycles. The van der Waals surface area contributed by atoms with Crippen LogP contribution in [0.5, 0.6) is 5.75 Å². The summed E-state index contributed by atoms with van der Waals surface area (Å²) in [6, 6.07) is 13.2. The molecule has 6 heteroatoms. The Labute approximate surface area is 133 Å². The molecule has 0 unspecified atom stereocenters. The van der Waals surface area contributed by atoms with Gasteiger partial charge >= 0.3 is 6.03 Å². The topological polar surface area (TPSA) is 81.4 Å². The van der Waals surface area contributed by atoms with E-state index in [1.54, 1.807) is 11.8 Å². The van der Waals surface area contributed by atoms with E-state index in [2.05, 4.69) is 0 Å². The molecule has 0 saturated carbocycles. The van der Waals surface area contributed by atoms with Crippen molar-refractivity contribution in [3.05, 3.63) is 42.5 Å².